The molecule has 2 aromatic carbocycles. The van der Waals surface area contributed by atoms with E-state index >= 15 is 0 Å². The molecule has 0 aliphatic carbocycles. The predicted octanol–water partition coefficient (Wildman–Crippen LogP) is 2.81. The third kappa shape index (κ3) is 4.36. The molecule has 0 unspecified atom stereocenters. The normalized spacial score (nSPS) is 11.3. The number of aromatic nitrogens is 2. The van der Waals surface area contributed by atoms with Crippen LogP contribution >= 0.6 is 0 Å². The second kappa shape index (κ2) is 9.61. The van der Waals surface area contributed by atoms with E-state index in [9.17, 15) is 4.79 Å². The number of nitrogens with zero attached hydrogens (tertiary/aromatic N) is 1. The van der Waals surface area contributed by atoms with Gasteiger partial charge in [0, 0.05) is 40.6 Å². The average molecular weight is 469 g/mol. The van der Waals surface area contributed by atoms with Crippen LogP contribution in [0.15, 0.2) is 42.7 Å². The minimum Gasteiger partial charge on any atom is -1.00 e. The highest BCUT2D eigenvalue weighted by Crippen LogP contribution is 2.35. The number of aromatic amines is 1. The van der Waals surface area contributed by atoms with Crippen molar-refractivity contribution in [1.29, 1.82) is 0 Å². The van der Waals surface area contributed by atoms with E-state index in [4.69, 9.17) is 5.11 Å². The van der Waals surface area contributed by atoms with Crippen LogP contribution in [0.3, 0.4) is 0 Å². The number of unbranched alkanes of at least 4 members (excludes halogenated alkanes) is 4. The van der Waals surface area contributed by atoms with E-state index in [-0.39, 0.29) is 17.0 Å². The fourth-order valence-corrected chi connectivity index (χ4v) is 4.49. The van der Waals surface area contributed by atoms with Gasteiger partial charge in [0.05, 0.1) is 5.52 Å². The van der Waals surface area contributed by atoms with Crippen molar-refractivity contribution in [3.8, 4) is 0 Å². The van der Waals surface area contributed by atoms with Crippen molar-refractivity contribution in [1.82, 2.24) is 4.98 Å². The molecule has 5 heteroatoms. The zero-order valence-electron chi connectivity index (χ0n) is 17.7. The number of carbonyl (C=O) groups is 1. The molecule has 0 atom stereocenters. The number of fused-ring (bicyclic) bond motifs is 4. The number of halogens is 1. The number of aliphatic carboxylic acids is 1. The standard InChI is InChI=1S/C25H28N2O2.BrH/c1-17-21-16-27(14-9-5-3-4-6-12-23(28)29)15-13-19(21)18(2)25-24(17)20-10-7-8-11-22(20)26-25;/h7-8,10-11,13,15-16H,3-6,9,12,14H2,1-2H3,(H,28,29);1H. The first-order chi connectivity index (χ1) is 14.1. The summed E-state index contributed by atoms with van der Waals surface area (Å²) in [6, 6.07) is 10.8. The smallest absolute Gasteiger partial charge is 0.303 e. The molecule has 0 fully saturated rings. The maximum Gasteiger partial charge on any atom is 0.303 e. The Bertz CT molecular complexity index is 1200. The Morgan fingerprint density at radius 2 is 1.67 bits per heavy atom. The van der Waals surface area contributed by atoms with Crippen molar-refractivity contribution in [3.05, 3.63) is 53.9 Å². The number of nitrogens with one attached hydrogen (secondary N) is 1. The Morgan fingerprint density at radius 1 is 0.933 bits per heavy atom. The highest BCUT2D eigenvalue weighted by atomic mass is 79.9. The Morgan fingerprint density at radius 3 is 2.47 bits per heavy atom. The first-order valence-corrected chi connectivity index (χ1v) is 10.6. The van der Waals surface area contributed by atoms with Crippen LogP contribution in [0.4, 0.5) is 0 Å². The lowest BCUT2D eigenvalue weighted by molar-refractivity contribution is -0.696. The van der Waals surface area contributed by atoms with Gasteiger partial charge in [0.1, 0.15) is 6.54 Å². The van der Waals surface area contributed by atoms with Gasteiger partial charge in [0.25, 0.3) is 0 Å². The van der Waals surface area contributed by atoms with Gasteiger partial charge in [-0.1, -0.05) is 31.0 Å². The van der Waals surface area contributed by atoms with E-state index in [1.807, 2.05) is 0 Å². The van der Waals surface area contributed by atoms with E-state index in [1.54, 1.807) is 0 Å². The predicted molar refractivity (Wildman–Crippen MR) is 118 cm³/mol. The summed E-state index contributed by atoms with van der Waals surface area (Å²) in [5.74, 6) is -0.688. The highest BCUT2D eigenvalue weighted by Gasteiger charge is 2.16. The van der Waals surface area contributed by atoms with Crippen LogP contribution in [0.25, 0.3) is 32.6 Å². The fourth-order valence-electron chi connectivity index (χ4n) is 4.49. The van der Waals surface area contributed by atoms with Gasteiger partial charge in [-0.3, -0.25) is 4.79 Å². The average Bonchev–Trinajstić information content (AvgIpc) is 3.11. The van der Waals surface area contributed by atoms with E-state index in [1.165, 1.54) is 43.7 Å². The number of para-hydroxylation sites is 1. The molecule has 2 heterocycles. The number of rotatable bonds is 8. The SMILES string of the molecule is Cc1c2cc[n+](CCCCCCCC(=O)O)cc2c(C)c2c1[nH]c1ccccc12.[Br-]. The van der Waals surface area contributed by atoms with Crippen molar-refractivity contribution >= 4 is 38.5 Å². The third-order valence-electron chi connectivity index (χ3n) is 6.09. The van der Waals surface area contributed by atoms with Gasteiger partial charge in [0.15, 0.2) is 12.4 Å². The molecule has 4 rings (SSSR count). The van der Waals surface area contributed by atoms with E-state index < -0.39 is 5.97 Å². The van der Waals surface area contributed by atoms with Gasteiger partial charge >= 0.3 is 5.97 Å². The lowest BCUT2D eigenvalue weighted by atomic mass is 9.97. The minimum atomic E-state index is -0.688. The zero-order chi connectivity index (χ0) is 20.4. The number of carboxylic acid groups (broad SMARTS) is 1. The summed E-state index contributed by atoms with van der Waals surface area (Å²) in [5, 5.41) is 14.0. The molecule has 0 aliphatic heterocycles. The Labute approximate surface area is 187 Å². The summed E-state index contributed by atoms with van der Waals surface area (Å²) in [6.45, 7) is 5.44. The van der Waals surface area contributed by atoms with Crippen LogP contribution in [0, 0.1) is 13.8 Å². The Balaban J connectivity index is 0.00000256. The maximum atomic E-state index is 10.6. The molecule has 0 bridgehead atoms. The quantitative estimate of drug-likeness (QED) is 0.308. The van der Waals surface area contributed by atoms with Gasteiger partial charge in [-0.2, -0.15) is 0 Å². The van der Waals surface area contributed by atoms with Crippen molar-refractivity contribution in [2.45, 2.75) is 58.9 Å². The van der Waals surface area contributed by atoms with Gasteiger partial charge in [-0.05, 0) is 49.3 Å². The van der Waals surface area contributed by atoms with Crippen LogP contribution in [0.5, 0.6) is 0 Å². The molecule has 4 nitrogen and oxygen atoms in total. The van der Waals surface area contributed by atoms with Gasteiger partial charge in [0.2, 0.25) is 0 Å². The molecular weight excluding hydrogens is 440 g/mol. The first-order valence-electron chi connectivity index (χ1n) is 10.6. The molecule has 4 aromatic rings. The van der Waals surface area contributed by atoms with E-state index in [0.717, 1.165) is 38.6 Å². The second-order valence-corrected chi connectivity index (χ2v) is 8.09. The summed E-state index contributed by atoms with van der Waals surface area (Å²) in [5.41, 5.74) is 5.08. The lowest BCUT2D eigenvalue weighted by Gasteiger charge is -2.08. The van der Waals surface area contributed by atoms with Gasteiger partial charge < -0.3 is 27.1 Å². The molecule has 2 N–H and O–H groups in total. The molecule has 0 saturated heterocycles. The van der Waals surface area contributed by atoms with Crippen LogP contribution in [0.2, 0.25) is 0 Å². The molecule has 158 valence electrons. The van der Waals surface area contributed by atoms with Gasteiger partial charge in [-0.15, -0.1) is 0 Å². The second-order valence-electron chi connectivity index (χ2n) is 8.09. The van der Waals surface area contributed by atoms with E-state index in [0.29, 0.717) is 6.42 Å². The fraction of sp³-hybridized carbons (Fsp3) is 0.360. The van der Waals surface area contributed by atoms with Crippen molar-refractivity contribution < 1.29 is 31.4 Å². The molecule has 30 heavy (non-hydrogen) atoms. The summed E-state index contributed by atoms with van der Waals surface area (Å²) in [4.78, 5) is 14.2. The van der Waals surface area contributed by atoms with Crippen molar-refractivity contribution in [2.75, 3.05) is 0 Å². The van der Waals surface area contributed by atoms with Crippen molar-refractivity contribution in [3.63, 3.8) is 0 Å². The van der Waals surface area contributed by atoms with Crippen LogP contribution < -0.4 is 21.5 Å². The number of carboxylic acids is 1. The Hall–Kier alpha value is -2.40. The number of pyridine rings is 1. The number of H-pyrrole nitrogens is 1. The molecule has 0 radical (unpaired) electrons. The lowest BCUT2D eigenvalue weighted by Crippen LogP contribution is -3.00. The molecule has 0 aliphatic rings. The molecule has 0 amide bonds. The molecule has 2 aromatic heterocycles. The highest BCUT2D eigenvalue weighted by molar-refractivity contribution is 6.16. The van der Waals surface area contributed by atoms with E-state index in [2.05, 4.69) is 66.1 Å². The number of hydrogen-bond donors (Lipinski definition) is 2. The minimum absolute atomic E-state index is 0. The number of aryl methyl sites for hydroxylation is 3. The molecule has 0 spiro atoms. The molecule has 0 saturated carbocycles. The first kappa shape index (κ1) is 22.3. The van der Waals surface area contributed by atoms with Crippen LogP contribution in [0.1, 0.15) is 49.7 Å². The van der Waals surface area contributed by atoms with Crippen LogP contribution in [-0.2, 0) is 11.3 Å². The maximum absolute atomic E-state index is 10.6. The van der Waals surface area contributed by atoms with Crippen LogP contribution in [-0.4, -0.2) is 16.1 Å². The zero-order valence-corrected chi connectivity index (χ0v) is 19.3. The largest absolute Gasteiger partial charge is 1.00 e. The van der Waals surface area contributed by atoms with Crippen molar-refractivity contribution in [2.24, 2.45) is 0 Å². The third-order valence-corrected chi connectivity index (χ3v) is 6.09. The Kier molecular flexibility index (Phi) is 7.14. The summed E-state index contributed by atoms with van der Waals surface area (Å²) < 4.78 is 2.30. The topological polar surface area (TPSA) is 57.0 Å². The monoisotopic (exact) mass is 468 g/mol. The molecular formula is C25H29BrN2O2. The number of benzene rings is 2. The van der Waals surface area contributed by atoms with Gasteiger partial charge in [-0.25, -0.2) is 4.57 Å². The number of hydrogen-bond acceptors (Lipinski definition) is 1. The summed E-state index contributed by atoms with van der Waals surface area (Å²) in [7, 11) is 0. The summed E-state index contributed by atoms with van der Waals surface area (Å²) in [6.07, 6.45) is 9.94. The summed E-state index contributed by atoms with van der Waals surface area (Å²) >= 11 is 0.